The van der Waals surface area contributed by atoms with E-state index < -0.39 is 6.43 Å². The van der Waals surface area contributed by atoms with Gasteiger partial charge in [0.25, 0.3) is 6.43 Å². The molecule has 1 aromatic rings. The van der Waals surface area contributed by atoms with Crippen LogP contribution in [0.3, 0.4) is 0 Å². The van der Waals surface area contributed by atoms with E-state index in [-0.39, 0.29) is 5.56 Å². The maximum absolute atomic E-state index is 12.5. The lowest BCUT2D eigenvalue weighted by Gasteiger charge is -2.26. The Hall–Kier alpha value is -1.00. The Balaban J connectivity index is 1.91. The van der Waals surface area contributed by atoms with Gasteiger partial charge in [0.1, 0.15) is 0 Å². The highest BCUT2D eigenvalue weighted by Crippen LogP contribution is 2.20. The molecule has 1 aliphatic heterocycles. The van der Waals surface area contributed by atoms with Crippen molar-refractivity contribution >= 4 is 0 Å². The second kappa shape index (κ2) is 6.96. The maximum Gasteiger partial charge on any atom is 0.263 e. The second-order valence-electron chi connectivity index (χ2n) is 5.29. The fourth-order valence-corrected chi connectivity index (χ4v) is 2.63. The lowest BCUT2D eigenvalue weighted by atomic mass is 10.1. The smallest absolute Gasteiger partial charge is 0.263 e. The third-order valence-electron chi connectivity index (χ3n) is 3.83. The topological polar surface area (TPSA) is 15.3 Å². The molecule has 1 aromatic carbocycles. The zero-order valence-electron chi connectivity index (χ0n) is 11.4. The summed E-state index contributed by atoms with van der Waals surface area (Å²) in [7, 11) is 2.12. The van der Waals surface area contributed by atoms with Crippen molar-refractivity contribution in [1.82, 2.24) is 10.2 Å². The van der Waals surface area contributed by atoms with Gasteiger partial charge < -0.3 is 5.32 Å². The molecule has 0 bridgehead atoms. The Bertz CT molecular complexity index is 370. The van der Waals surface area contributed by atoms with E-state index in [2.05, 4.69) is 17.3 Å². The highest BCUT2D eigenvalue weighted by molar-refractivity contribution is 5.23. The number of nitrogens with one attached hydrogen (secondary N) is 1. The van der Waals surface area contributed by atoms with Crippen molar-refractivity contribution in [2.24, 2.45) is 0 Å². The summed E-state index contributed by atoms with van der Waals surface area (Å²) in [6, 6.07) is 7.27. The van der Waals surface area contributed by atoms with E-state index in [1.54, 1.807) is 0 Å². The van der Waals surface area contributed by atoms with Gasteiger partial charge in [-0.1, -0.05) is 24.3 Å². The first-order valence-electron chi connectivity index (χ1n) is 6.95. The lowest BCUT2D eigenvalue weighted by molar-refractivity contribution is 0.151. The van der Waals surface area contributed by atoms with Crippen LogP contribution >= 0.6 is 0 Å². The molecule has 0 spiro atoms. The standard InChI is InChI=1S/C15H22F2N2/c1-19(14-3-2-9-18-10-8-14)11-12-4-6-13(7-5-12)15(16)17/h4-7,14-15,18H,2-3,8-11H2,1H3. The molecular formula is C15H22F2N2. The Morgan fingerprint density at radius 3 is 2.63 bits per heavy atom. The number of hydrogen-bond acceptors (Lipinski definition) is 2. The van der Waals surface area contributed by atoms with E-state index in [0.29, 0.717) is 6.04 Å². The molecule has 0 radical (unpaired) electrons. The summed E-state index contributed by atoms with van der Waals surface area (Å²) in [5.41, 5.74) is 1.20. The largest absolute Gasteiger partial charge is 0.317 e. The van der Waals surface area contributed by atoms with Crippen LogP contribution in [0.5, 0.6) is 0 Å². The summed E-state index contributed by atoms with van der Waals surface area (Å²) in [4.78, 5) is 2.34. The number of hydrogen-bond donors (Lipinski definition) is 1. The van der Waals surface area contributed by atoms with Gasteiger partial charge in [-0.25, -0.2) is 8.78 Å². The molecule has 0 aromatic heterocycles. The minimum Gasteiger partial charge on any atom is -0.317 e. The normalized spacial score (nSPS) is 20.8. The quantitative estimate of drug-likeness (QED) is 0.902. The van der Waals surface area contributed by atoms with Crippen molar-refractivity contribution in [2.45, 2.75) is 38.3 Å². The molecule has 4 heteroatoms. The van der Waals surface area contributed by atoms with Crippen molar-refractivity contribution in [3.05, 3.63) is 35.4 Å². The van der Waals surface area contributed by atoms with E-state index in [9.17, 15) is 8.78 Å². The molecule has 0 aliphatic carbocycles. The molecule has 106 valence electrons. The molecule has 1 heterocycles. The fraction of sp³-hybridized carbons (Fsp3) is 0.600. The molecule has 1 unspecified atom stereocenters. The summed E-state index contributed by atoms with van der Waals surface area (Å²) in [6.07, 6.45) is 1.20. The molecule has 1 atom stereocenters. The van der Waals surface area contributed by atoms with E-state index in [1.807, 2.05) is 12.1 Å². The number of alkyl halides is 2. The number of nitrogens with zero attached hydrogens (tertiary/aromatic N) is 1. The highest BCUT2D eigenvalue weighted by Gasteiger charge is 2.16. The van der Waals surface area contributed by atoms with Crippen molar-refractivity contribution in [2.75, 3.05) is 20.1 Å². The van der Waals surface area contributed by atoms with Crippen LogP contribution in [-0.4, -0.2) is 31.1 Å². The van der Waals surface area contributed by atoms with Crippen LogP contribution in [0.2, 0.25) is 0 Å². The van der Waals surface area contributed by atoms with Gasteiger partial charge in [0, 0.05) is 18.2 Å². The van der Waals surface area contributed by atoms with E-state index in [4.69, 9.17) is 0 Å². The van der Waals surface area contributed by atoms with Crippen LogP contribution in [0.1, 0.15) is 36.8 Å². The fourth-order valence-electron chi connectivity index (χ4n) is 2.63. The number of rotatable bonds is 4. The van der Waals surface area contributed by atoms with E-state index in [0.717, 1.165) is 31.6 Å². The summed E-state index contributed by atoms with van der Waals surface area (Å²) < 4.78 is 25.0. The van der Waals surface area contributed by atoms with Crippen molar-refractivity contribution < 1.29 is 8.78 Å². The van der Waals surface area contributed by atoms with Gasteiger partial charge in [0.2, 0.25) is 0 Å². The molecule has 19 heavy (non-hydrogen) atoms. The molecular weight excluding hydrogens is 246 g/mol. The summed E-state index contributed by atoms with van der Waals surface area (Å²) in [5.74, 6) is 0. The zero-order chi connectivity index (χ0) is 13.7. The second-order valence-corrected chi connectivity index (χ2v) is 5.29. The average Bonchev–Trinajstić information content (AvgIpc) is 2.68. The number of benzene rings is 1. The molecule has 0 amide bonds. The Morgan fingerprint density at radius 2 is 1.95 bits per heavy atom. The first kappa shape index (κ1) is 14.4. The van der Waals surface area contributed by atoms with Crippen LogP contribution in [-0.2, 0) is 6.54 Å². The van der Waals surface area contributed by atoms with Crippen molar-refractivity contribution in [1.29, 1.82) is 0 Å². The van der Waals surface area contributed by atoms with Crippen LogP contribution in [0.25, 0.3) is 0 Å². The predicted molar refractivity (Wildman–Crippen MR) is 73.4 cm³/mol. The minimum atomic E-state index is -2.38. The first-order valence-corrected chi connectivity index (χ1v) is 6.95. The molecule has 2 rings (SSSR count). The van der Waals surface area contributed by atoms with Gasteiger partial charge in [0.05, 0.1) is 0 Å². The van der Waals surface area contributed by atoms with Crippen LogP contribution in [0.4, 0.5) is 8.78 Å². The van der Waals surface area contributed by atoms with Crippen molar-refractivity contribution in [3.8, 4) is 0 Å². The SMILES string of the molecule is CN(Cc1ccc(C(F)F)cc1)C1CCCNCC1. The predicted octanol–water partition coefficient (Wildman–Crippen LogP) is 3.20. The summed E-state index contributed by atoms with van der Waals surface area (Å²) in [6.45, 7) is 3.00. The van der Waals surface area contributed by atoms with Crippen LogP contribution in [0.15, 0.2) is 24.3 Å². The Kier molecular flexibility index (Phi) is 5.28. The highest BCUT2D eigenvalue weighted by atomic mass is 19.3. The van der Waals surface area contributed by atoms with Crippen molar-refractivity contribution in [3.63, 3.8) is 0 Å². The van der Waals surface area contributed by atoms with Gasteiger partial charge in [0.15, 0.2) is 0 Å². The lowest BCUT2D eigenvalue weighted by Crippen LogP contribution is -2.31. The zero-order valence-corrected chi connectivity index (χ0v) is 11.4. The van der Waals surface area contributed by atoms with Gasteiger partial charge in [-0.05, 0) is 45.0 Å². The molecule has 1 saturated heterocycles. The number of halogens is 2. The minimum absolute atomic E-state index is 0.102. The van der Waals surface area contributed by atoms with Gasteiger partial charge >= 0.3 is 0 Å². The molecule has 0 saturated carbocycles. The van der Waals surface area contributed by atoms with Gasteiger partial charge in [-0.3, -0.25) is 4.90 Å². The first-order chi connectivity index (χ1) is 9.16. The Labute approximate surface area is 113 Å². The van der Waals surface area contributed by atoms with Gasteiger partial charge in [-0.2, -0.15) is 0 Å². The van der Waals surface area contributed by atoms with E-state index in [1.165, 1.54) is 25.0 Å². The monoisotopic (exact) mass is 268 g/mol. The Morgan fingerprint density at radius 1 is 1.21 bits per heavy atom. The molecule has 1 fully saturated rings. The van der Waals surface area contributed by atoms with Crippen LogP contribution in [0, 0.1) is 0 Å². The molecule has 1 aliphatic rings. The van der Waals surface area contributed by atoms with Crippen LogP contribution < -0.4 is 5.32 Å². The van der Waals surface area contributed by atoms with Gasteiger partial charge in [-0.15, -0.1) is 0 Å². The summed E-state index contributed by atoms with van der Waals surface area (Å²) in [5, 5.41) is 3.41. The average molecular weight is 268 g/mol. The van der Waals surface area contributed by atoms with E-state index >= 15 is 0 Å². The summed E-state index contributed by atoms with van der Waals surface area (Å²) >= 11 is 0. The maximum atomic E-state index is 12.5. The molecule has 1 N–H and O–H groups in total. The third kappa shape index (κ3) is 4.25. The molecule has 2 nitrogen and oxygen atoms in total. The third-order valence-corrected chi connectivity index (χ3v) is 3.83.